The van der Waals surface area contributed by atoms with Crippen molar-refractivity contribution in [3.63, 3.8) is 0 Å². The van der Waals surface area contributed by atoms with Crippen molar-refractivity contribution >= 4 is 5.76 Å². The largest absolute Gasteiger partial charge is 0.507 e. The number of para-hydroxylation sites is 1. The number of rotatable bonds is 2. The lowest BCUT2D eigenvalue weighted by Crippen LogP contribution is -2.13. The Morgan fingerprint density at radius 1 is 0.944 bits per heavy atom. The van der Waals surface area contributed by atoms with E-state index in [-0.39, 0.29) is 0 Å². The molecule has 3 rings (SSSR count). The molecule has 0 saturated heterocycles. The lowest BCUT2D eigenvalue weighted by Gasteiger charge is -2.20. The van der Waals surface area contributed by atoms with Crippen molar-refractivity contribution in [2.75, 3.05) is 6.61 Å². The van der Waals surface area contributed by atoms with Crippen molar-refractivity contribution in [3.8, 4) is 5.75 Å². The van der Waals surface area contributed by atoms with Crippen LogP contribution in [0.25, 0.3) is 5.76 Å². The van der Waals surface area contributed by atoms with Crippen LogP contribution in [0.1, 0.15) is 11.1 Å². The summed E-state index contributed by atoms with van der Waals surface area (Å²) in [5.41, 5.74) is 2.90. The molecular formula is C16H14O2. The van der Waals surface area contributed by atoms with E-state index in [1.54, 1.807) is 0 Å². The normalized spacial score (nSPS) is 14.0. The molecule has 2 aromatic carbocycles. The summed E-state index contributed by atoms with van der Waals surface area (Å²) >= 11 is 0. The first-order valence-electron chi connectivity index (χ1n) is 6.02. The third kappa shape index (κ3) is 1.97. The van der Waals surface area contributed by atoms with Gasteiger partial charge in [0.2, 0.25) is 0 Å². The Labute approximate surface area is 106 Å². The molecule has 1 aliphatic rings. The van der Waals surface area contributed by atoms with Crippen LogP contribution in [0.3, 0.4) is 0 Å². The first-order chi connectivity index (χ1) is 8.84. The minimum atomic E-state index is 0.362. The van der Waals surface area contributed by atoms with Crippen molar-refractivity contribution < 1.29 is 9.84 Å². The van der Waals surface area contributed by atoms with Crippen LogP contribution in [0, 0.1) is 0 Å². The summed E-state index contributed by atoms with van der Waals surface area (Å²) in [7, 11) is 0. The van der Waals surface area contributed by atoms with E-state index in [2.05, 4.69) is 12.1 Å². The molecule has 2 aromatic rings. The second-order valence-electron chi connectivity index (χ2n) is 4.40. The molecule has 2 heteroatoms. The quantitative estimate of drug-likeness (QED) is 0.866. The van der Waals surface area contributed by atoms with E-state index < -0.39 is 0 Å². The van der Waals surface area contributed by atoms with Gasteiger partial charge in [-0.05, 0) is 17.7 Å². The second kappa shape index (κ2) is 4.57. The van der Waals surface area contributed by atoms with Crippen LogP contribution in [-0.2, 0) is 6.42 Å². The minimum absolute atomic E-state index is 0.362. The Hall–Kier alpha value is -2.22. The molecule has 0 aliphatic carbocycles. The van der Waals surface area contributed by atoms with Gasteiger partial charge in [0, 0.05) is 12.0 Å². The number of hydrogen-bond acceptors (Lipinski definition) is 2. The maximum atomic E-state index is 10.3. The summed E-state index contributed by atoms with van der Waals surface area (Å²) in [4.78, 5) is 0. The maximum Gasteiger partial charge on any atom is 0.130 e. The Bertz CT molecular complexity index is 585. The molecule has 0 atom stereocenters. The third-order valence-corrected chi connectivity index (χ3v) is 3.14. The second-order valence-corrected chi connectivity index (χ2v) is 4.40. The Morgan fingerprint density at radius 2 is 1.67 bits per heavy atom. The van der Waals surface area contributed by atoms with Crippen LogP contribution in [0.5, 0.6) is 5.75 Å². The van der Waals surface area contributed by atoms with Crippen LogP contribution in [-0.4, -0.2) is 11.7 Å². The standard InChI is InChI=1S/C16H14O2/c17-16-13(10-12-6-2-1-3-7-12)11-18-15-9-5-4-8-14(15)16/h1-9,17H,10-11H2. The van der Waals surface area contributed by atoms with Gasteiger partial charge in [-0.3, -0.25) is 0 Å². The number of benzene rings is 2. The molecule has 0 unspecified atom stereocenters. The molecular weight excluding hydrogens is 224 g/mol. The highest BCUT2D eigenvalue weighted by Gasteiger charge is 2.18. The van der Waals surface area contributed by atoms with Gasteiger partial charge in [0.15, 0.2) is 0 Å². The van der Waals surface area contributed by atoms with E-state index in [0.29, 0.717) is 12.4 Å². The average Bonchev–Trinajstić information content (AvgIpc) is 2.43. The van der Waals surface area contributed by atoms with E-state index in [1.165, 1.54) is 5.56 Å². The lowest BCUT2D eigenvalue weighted by molar-refractivity contribution is 0.329. The van der Waals surface area contributed by atoms with Crippen LogP contribution in [0.4, 0.5) is 0 Å². The van der Waals surface area contributed by atoms with E-state index in [9.17, 15) is 5.11 Å². The highest BCUT2D eigenvalue weighted by molar-refractivity contribution is 5.69. The predicted octanol–water partition coefficient (Wildman–Crippen LogP) is 3.59. The van der Waals surface area contributed by atoms with Gasteiger partial charge < -0.3 is 9.84 Å². The van der Waals surface area contributed by atoms with Gasteiger partial charge in [-0.15, -0.1) is 0 Å². The zero-order chi connectivity index (χ0) is 12.4. The molecule has 0 radical (unpaired) electrons. The fourth-order valence-corrected chi connectivity index (χ4v) is 2.19. The SMILES string of the molecule is OC1=C(Cc2ccccc2)COc2ccccc21. The molecule has 18 heavy (non-hydrogen) atoms. The van der Waals surface area contributed by atoms with Crippen LogP contribution in [0.2, 0.25) is 0 Å². The molecule has 1 heterocycles. The zero-order valence-corrected chi connectivity index (χ0v) is 9.97. The molecule has 0 saturated carbocycles. The first-order valence-corrected chi connectivity index (χ1v) is 6.02. The van der Waals surface area contributed by atoms with E-state index in [4.69, 9.17) is 4.74 Å². The fourth-order valence-electron chi connectivity index (χ4n) is 2.19. The molecule has 2 nitrogen and oxygen atoms in total. The smallest absolute Gasteiger partial charge is 0.130 e. The molecule has 90 valence electrons. The number of aliphatic hydroxyl groups is 1. The van der Waals surface area contributed by atoms with E-state index in [1.807, 2.05) is 42.5 Å². The van der Waals surface area contributed by atoms with E-state index in [0.717, 1.165) is 23.3 Å². The van der Waals surface area contributed by atoms with Crippen molar-refractivity contribution in [2.24, 2.45) is 0 Å². The third-order valence-electron chi connectivity index (χ3n) is 3.14. The Kier molecular flexibility index (Phi) is 2.77. The van der Waals surface area contributed by atoms with Crippen LogP contribution >= 0.6 is 0 Å². The molecule has 0 fully saturated rings. The average molecular weight is 238 g/mol. The summed E-state index contributed by atoms with van der Waals surface area (Å²) < 4.78 is 5.66. The Morgan fingerprint density at radius 3 is 2.50 bits per heavy atom. The van der Waals surface area contributed by atoms with Crippen LogP contribution < -0.4 is 4.74 Å². The minimum Gasteiger partial charge on any atom is -0.507 e. The van der Waals surface area contributed by atoms with Crippen molar-refractivity contribution in [1.82, 2.24) is 0 Å². The summed E-state index contributed by atoms with van der Waals surface area (Å²) in [5.74, 6) is 1.12. The highest BCUT2D eigenvalue weighted by Crippen LogP contribution is 2.32. The van der Waals surface area contributed by atoms with Gasteiger partial charge in [-0.2, -0.15) is 0 Å². The lowest BCUT2D eigenvalue weighted by atomic mass is 9.99. The molecule has 0 amide bonds. The maximum absolute atomic E-state index is 10.3. The van der Waals surface area contributed by atoms with Gasteiger partial charge in [-0.1, -0.05) is 42.5 Å². The highest BCUT2D eigenvalue weighted by atomic mass is 16.5. The summed E-state index contributed by atoms with van der Waals surface area (Å²) in [5, 5.41) is 10.3. The van der Waals surface area contributed by atoms with Gasteiger partial charge in [-0.25, -0.2) is 0 Å². The zero-order valence-electron chi connectivity index (χ0n) is 9.97. The van der Waals surface area contributed by atoms with Gasteiger partial charge in [0.1, 0.15) is 18.1 Å². The molecule has 0 spiro atoms. The van der Waals surface area contributed by atoms with Crippen molar-refractivity contribution in [2.45, 2.75) is 6.42 Å². The molecule has 1 N–H and O–H groups in total. The number of ether oxygens (including phenoxy) is 1. The van der Waals surface area contributed by atoms with E-state index >= 15 is 0 Å². The van der Waals surface area contributed by atoms with Crippen LogP contribution in [0.15, 0.2) is 60.2 Å². The molecule has 1 aliphatic heterocycles. The topological polar surface area (TPSA) is 29.5 Å². The Balaban J connectivity index is 1.94. The number of hydrogen-bond donors (Lipinski definition) is 1. The first kappa shape index (κ1) is 10.9. The van der Waals surface area contributed by atoms with Crippen molar-refractivity contribution in [3.05, 3.63) is 71.3 Å². The summed E-state index contributed by atoms with van der Waals surface area (Å²) in [6.07, 6.45) is 0.723. The fraction of sp³-hybridized carbons (Fsp3) is 0.125. The van der Waals surface area contributed by atoms with Gasteiger partial charge in [0.25, 0.3) is 0 Å². The predicted molar refractivity (Wildman–Crippen MR) is 71.6 cm³/mol. The summed E-state index contributed by atoms with van der Waals surface area (Å²) in [6.45, 7) is 0.456. The number of aliphatic hydroxyl groups excluding tert-OH is 1. The molecule has 0 bridgehead atoms. The number of fused-ring (bicyclic) bond motifs is 1. The monoisotopic (exact) mass is 238 g/mol. The van der Waals surface area contributed by atoms with Gasteiger partial charge >= 0.3 is 0 Å². The van der Waals surface area contributed by atoms with Crippen molar-refractivity contribution in [1.29, 1.82) is 0 Å². The molecule has 0 aromatic heterocycles. The summed E-state index contributed by atoms with van der Waals surface area (Å²) in [6, 6.07) is 17.7. The van der Waals surface area contributed by atoms with Gasteiger partial charge in [0.05, 0.1) is 5.56 Å².